The third kappa shape index (κ3) is 6.69. The van der Waals surface area contributed by atoms with Crippen LogP contribution in [0.25, 0.3) is 0 Å². The summed E-state index contributed by atoms with van der Waals surface area (Å²) in [5.41, 5.74) is 1.94. The molecule has 0 aromatic rings. The minimum atomic E-state index is 0.401. The zero-order valence-corrected chi connectivity index (χ0v) is 15.9. The van der Waals surface area contributed by atoms with Gasteiger partial charge in [-0.2, -0.15) is 0 Å². The molecule has 1 saturated heterocycles. The van der Waals surface area contributed by atoms with Crippen LogP contribution in [-0.2, 0) is 4.74 Å². The van der Waals surface area contributed by atoms with E-state index >= 15 is 0 Å². The summed E-state index contributed by atoms with van der Waals surface area (Å²) in [4.78, 5) is 2.42. The summed E-state index contributed by atoms with van der Waals surface area (Å²) in [6.45, 7) is 21.1. The van der Waals surface area contributed by atoms with Crippen molar-refractivity contribution in [3.05, 3.63) is 24.0 Å². The Labute approximate surface area is 134 Å². The SMILES string of the molecule is C=CC.CC.CC.CCC1=C(C)C2(CCN(C)CC2)CO1. The number of ether oxygens (including phenoxy) is 1. The summed E-state index contributed by atoms with van der Waals surface area (Å²) in [5, 5.41) is 0. The summed E-state index contributed by atoms with van der Waals surface area (Å²) in [7, 11) is 2.21. The van der Waals surface area contributed by atoms with Crippen molar-refractivity contribution in [1.29, 1.82) is 0 Å². The van der Waals surface area contributed by atoms with Gasteiger partial charge < -0.3 is 9.64 Å². The smallest absolute Gasteiger partial charge is 0.0972 e. The number of likely N-dealkylation sites (tertiary alicyclic amines) is 1. The molecule has 2 heterocycles. The molecule has 2 rings (SSSR count). The van der Waals surface area contributed by atoms with E-state index in [9.17, 15) is 0 Å². The molecule has 0 amide bonds. The molecule has 126 valence electrons. The largest absolute Gasteiger partial charge is 0.497 e. The van der Waals surface area contributed by atoms with E-state index in [1.54, 1.807) is 6.08 Å². The molecular formula is C19H39NO. The lowest BCUT2D eigenvalue weighted by molar-refractivity contribution is 0.0958. The molecule has 2 aliphatic rings. The summed E-state index contributed by atoms with van der Waals surface area (Å²) in [6.07, 6.45) is 5.36. The first kappa shape index (κ1) is 22.5. The Morgan fingerprint density at radius 1 is 1.19 bits per heavy atom. The quantitative estimate of drug-likeness (QED) is 0.579. The standard InChI is InChI=1S/C12H21NO.C3H6.2C2H6/c1-4-11-10(2)12(9-14-11)5-7-13(3)8-6-12;1-3-2;2*1-2/h4-9H2,1-3H3;3H,1H2,2H3;2*1-2H3. The second kappa shape index (κ2) is 12.9. The van der Waals surface area contributed by atoms with Crippen LogP contribution in [0.3, 0.4) is 0 Å². The normalized spacial score (nSPS) is 19.2. The summed E-state index contributed by atoms with van der Waals surface area (Å²) in [5.74, 6) is 1.26. The van der Waals surface area contributed by atoms with Crippen LogP contribution in [0.1, 0.15) is 67.7 Å². The Morgan fingerprint density at radius 2 is 1.62 bits per heavy atom. The molecule has 1 fully saturated rings. The molecular weight excluding hydrogens is 258 g/mol. The highest BCUT2D eigenvalue weighted by atomic mass is 16.5. The maximum atomic E-state index is 5.80. The summed E-state index contributed by atoms with van der Waals surface area (Å²) >= 11 is 0. The molecule has 0 aromatic carbocycles. The van der Waals surface area contributed by atoms with Gasteiger partial charge in [0.25, 0.3) is 0 Å². The van der Waals surface area contributed by atoms with Gasteiger partial charge in [-0.3, -0.25) is 0 Å². The van der Waals surface area contributed by atoms with Gasteiger partial charge in [-0.05, 0) is 52.4 Å². The summed E-state index contributed by atoms with van der Waals surface area (Å²) < 4.78 is 5.80. The number of nitrogens with zero attached hydrogens (tertiary/aromatic N) is 1. The average Bonchev–Trinajstić information content (AvgIpc) is 2.84. The first-order valence-corrected chi connectivity index (χ1v) is 8.68. The van der Waals surface area contributed by atoms with Gasteiger partial charge in [-0.25, -0.2) is 0 Å². The topological polar surface area (TPSA) is 12.5 Å². The fourth-order valence-electron chi connectivity index (χ4n) is 2.67. The molecule has 2 nitrogen and oxygen atoms in total. The van der Waals surface area contributed by atoms with Gasteiger partial charge in [-0.15, -0.1) is 6.58 Å². The molecule has 0 bridgehead atoms. The molecule has 0 aliphatic carbocycles. The van der Waals surface area contributed by atoms with Crippen molar-refractivity contribution in [2.75, 3.05) is 26.7 Å². The van der Waals surface area contributed by atoms with Crippen molar-refractivity contribution in [3.8, 4) is 0 Å². The second-order valence-electron chi connectivity index (χ2n) is 5.18. The fraction of sp³-hybridized carbons (Fsp3) is 0.789. The van der Waals surface area contributed by atoms with E-state index in [0.29, 0.717) is 5.41 Å². The molecule has 0 aromatic heterocycles. The van der Waals surface area contributed by atoms with E-state index in [1.807, 2.05) is 34.6 Å². The Kier molecular flexibility index (Phi) is 13.9. The minimum Gasteiger partial charge on any atom is -0.497 e. The minimum absolute atomic E-state index is 0.401. The van der Waals surface area contributed by atoms with Crippen LogP contribution >= 0.6 is 0 Å². The maximum Gasteiger partial charge on any atom is 0.0972 e. The molecule has 21 heavy (non-hydrogen) atoms. The Balaban J connectivity index is 0. The molecule has 1 spiro atoms. The van der Waals surface area contributed by atoms with Crippen LogP contribution in [0.2, 0.25) is 0 Å². The monoisotopic (exact) mass is 297 g/mol. The first-order valence-electron chi connectivity index (χ1n) is 8.68. The van der Waals surface area contributed by atoms with Crippen molar-refractivity contribution < 1.29 is 4.74 Å². The summed E-state index contributed by atoms with van der Waals surface area (Å²) in [6, 6.07) is 0. The highest BCUT2D eigenvalue weighted by Crippen LogP contribution is 2.45. The molecule has 2 aliphatic heterocycles. The zero-order valence-electron chi connectivity index (χ0n) is 15.9. The maximum absolute atomic E-state index is 5.80. The van der Waals surface area contributed by atoms with Gasteiger partial charge in [0.05, 0.1) is 12.4 Å². The second-order valence-corrected chi connectivity index (χ2v) is 5.18. The predicted octanol–water partition coefficient (Wildman–Crippen LogP) is 5.66. The Bertz CT molecular complexity index is 286. The van der Waals surface area contributed by atoms with E-state index < -0.39 is 0 Å². The van der Waals surface area contributed by atoms with Crippen molar-refractivity contribution in [2.45, 2.75) is 67.7 Å². The average molecular weight is 298 g/mol. The third-order valence-corrected chi connectivity index (χ3v) is 4.00. The highest BCUT2D eigenvalue weighted by molar-refractivity contribution is 5.22. The molecule has 0 atom stereocenters. The molecule has 2 heteroatoms. The number of rotatable bonds is 1. The molecule has 0 radical (unpaired) electrons. The molecule has 0 saturated carbocycles. The predicted molar refractivity (Wildman–Crippen MR) is 96.7 cm³/mol. The van der Waals surface area contributed by atoms with Gasteiger partial charge in [0.2, 0.25) is 0 Å². The van der Waals surface area contributed by atoms with E-state index in [0.717, 1.165) is 13.0 Å². The van der Waals surface area contributed by atoms with E-state index in [4.69, 9.17) is 4.74 Å². The Hall–Kier alpha value is -0.760. The Morgan fingerprint density at radius 3 is 1.95 bits per heavy atom. The number of piperidine rings is 1. The number of allylic oxidation sites excluding steroid dienone is 2. The zero-order chi connectivity index (χ0) is 16.9. The van der Waals surface area contributed by atoms with E-state index in [1.165, 1.54) is 37.3 Å². The van der Waals surface area contributed by atoms with Gasteiger partial charge in [-0.1, -0.05) is 40.7 Å². The van der Waals surface area contributed by atoms with Gasteiger partial charge in [0.15, 0.2) is 0 Å². The van der Waals surface area contributed by atoms with Gasteiger partial charge in [0.1, 0.15) is 0 Å². The van der Waals surface area contributed by atoms with Crippen molar-refractivity contribution in [3.63, 3.8) is 0 Å². The van der Waals surface area contributed by atoms with Crippen molar-refractivity contribution >= 4 is 0 Å². The van der Waals surface area contributed by atoms with Crippen LogP contribution in [0.5, 0.6) is 0 Å². The van der Waals surface area contributed by atoms with Crippen LogP contribution in [-0.4, -0.2) is 31.6 Å². The van der Waals surface area contributed by atoms with Crippen LogP contribution in [0.4, 0.5) is 0 Å². The van der Waals surface area contributed by atoms with Gasteiger partial charge >= 0.3 is 0 Å². The third-order valence-electron chi connectivity index (χ3n) is 4.00. The van der Waals surface area contributed by atoms with Crippen LogP contribution < -0.4 is 0 Å². The molecule has 0 N–H and O–H groups in total. The lowest BCUT2D eigenvalue weighted by Crippen LogP contribution is -2.39. The number of hydrogen-bond donors (Lipinski definition) is 0. The van der Waals surface area contributed by atoms with Crippen molar-refractivity contribution in [2.24, 2.45) is 5.41 Å². The fourth-order valence-corrected chi connectivity index (χ4v) is 2.67. The van der Waals surface area contributed by atoms with E-state index in [2.05, 4.69) is 32.4 Å². The lowest BCUT2D eigenvalue weighted by Gasteiger charge is -2.37. The molecule has 0 unspecified atom stereocenters. The lowest BCUT2D eigenvalue weighted by atomic mass is 9.74. The van der Waals surface area contributed by atoms with Gasteiger partial charge in [0, 0.05) is 11.8 Å². The highest BCUT2D eigenvalue weighted by Gasteiger charge is 2.41. The van der Waals surface area contributed by atoms with Crippen LogP contribution in [0.15, 0.2) is 24.0 Å². The van der Waals surface area contributed by atoms with E-state index in [-0.39, 0.29) is 0 Å². The first-order chi connectivity index (χ1) is 10.1. The van der Waals surface area contributed by atoms with Crippen molar-refractivity contribution in [1.82, 2.24) is 4.90 Å². The number of hydrogen-bond acceptors (Lipinski definition) is 2. The van der Waals surface area contributed by atoms with Crippen LogP contribution in [0, 0.1) is 5.41 Å².